The molecular weight excluding hydrogens is 381 g/mol. The van der Waals surface area contributed by atoms with Crippen molar-refractivity contribution >= 4 is 22.6 Å². The number of nitrogens with zero attached hydrogens (tertiary/aromatic N) is 3. The Morgan fingerprint density at radius 2 is 1.76 bits per heavy atom. The maximum Gasteiger partial charge on any atom is 0.246 e. The van der Waals surface area contributed by atoms with Crippen LogP contribution in [0, 0.1) is 24.4 Å². The lowest BCUT2D eigenvalue weighted by molar-refractivity contribution is -0.116. The van der Waals surface area contributed by atoms with E-state index in [2.05, 4.69) is 15.4 Å². The van der Waals surface area contributed by atoms with Crippen LogP contribution in [0.15, 0.2) is 54.7 Å². The van der Waals surface area contributed by atoms with Crippen molar-refractivity contribution in [3.8, 4) is 11.1 Å². The maximum atomic E-state index is 13.8. The molecule has 0 unspecified atom stereocenters. The van der Waals surface area contributed by atoms with Crippen LogP contribution in [0.2, 0.25) is 0 Å². The normalized spacial score (nSPS) is 11.0. The summed E-state index contributed by atoms with van der Waals surface area (Å²) in [4.78, 5) is 16.7. The van der Waals surface area contributed by atoms with Crippen molar-refractivity contribution in [1.82, 2.24) is 14.8 Å². The number of nitrogens with one attached hydrogen (secondary N) is 1. The number of aromatic nitrogens is 3. The smallest absolute Gasteiger partial charge is 0.246 e. The molecule has 2 heterocycles. The fourth-order valence-electron chi connectivity index (χ4n) is 3.18. The zero-order valence-corrected chi connectivity index (χ0v) is 15.3. The van der Waals surface area contributed by atoms with E-state index in [4.69, 9.17) is 0 Å². The van der Waals surface area contributed by atoms with E-state index in [0.29, 0.717) is 11.3 Å². The molecule has 0 aliphatic rings. The van der Waals surface area contributed by atoms with Gasteiger partial charge in [-0.3, -0.25) is 4.79 Å². The number of benzene rings is 2. The molecule has 1 amide bonds. The number of halogens is 3. The second-order valence-corrected chi connectivity index (χ2v) is 6.48. The van der Waals surface area contributed by atoms with E-state index in [1.165, 1.54) is 16.8 Å². The number of fused-ring (bicyclic) bond motifs is 1. The van der Waals surface area contributed by atoms with E-state index in [-0.39, 0.29) is 18.0 Å². The Kier molecular flexibility index (Phi) is 4.75. The minimum Gasteiger partial charge on any atom is -0.322 e. The van der Waals surface area contributed by atoms with E-state index in [0.717, 1.165) is 34.7 Å². The lowest BCUT2D eigenvalue weighted by atomic mass is 10.0. The minimum atomic E-state index is -0.738. The van der Waals surface area contributed by atoms with Crippen molar-refractivity contribution in [2.75, 3.05) is 5.32 Å². The second-order valence-electron chi connectivity index (χ2n) is 6.48. The molecule has 0 atom stereocenters. The maximum absolute atomic E-state index is 13.8. The Labute approximate surface area is 163 Å². The molecule has 5 nitrogen and oxygen atoms in total. The van der Waals surface area contributed by atoms with E-state index in [1.54, 1.807) is 31.3 Å². The molecule has 0 radical (unpaired) electrons. The fraction of sp³-hybridized carbons (Fsp3) is 0.0952. The van der Waals surface area contributed by atoms with Crippen molar-refractivity contribution in [3.05, 3.63) is 77.9 Å². The number of amides is 1. The Balaban J connectivity index is 1.67. The van der Waals surface area contributed by atoms with Gasteiger partial charge in [0.2, 0.25) is 5.91 Å². The summed E-state index contributed by atoms with van der Waals surface area (Å²) >= 11 is 0. The number of anilines is 1. The van der Waals surface area contributed by atoms with Crippen LogP contribution in [0.25, 0.3) is 22.2 Å². The first-order valence-corrected chi connectivity index (χ1v) is 8.75. The molecule has 4 rings (SSSR count). The van der Waals surface area contributed by atoms with Gasteiger partial charge in [-0.2, -0.15) is 5.10 Å². The van der Waals surface area contributed by atoms with Gasteiger partial charge >= 0.3 is 0 Å². The van der Waals surface area contributed by atoms with E-state index in [1.807, 2.05) is 0 Å². The minimum absolute atomic E-state index is 0.236. The lowest BCUT2D eigenvalue weighted by Gasteiger charge is -2.08. The van der Waals surface area contributed by atoms with Gasteiger partial charge in [0.05, 0.1) is 11.4 Å². The molecule has 0 saturated carbocycles. The summed E-state index contributed by atoms with van der Waals surface area (Å²) in [6.45, 7) is 1.54. The molecule has 0 bridgehead atoms. The van der Waals surface area contributed by atoms with Gasteiger partial charge in [0.15, 0.2) is 5.65 Å². The van der Waals surface area contributed by atoms with E-state index in [9.17, 15) is 18.0 Å². The molecule has 0 spiro atoms. The van der Waals surface area contributed by atoms with Crippen LogP contribution >= 0.6 is 0 Å². The first-order chi connectivity index (χ1) is 13.9. The zero-order chi connectivity index (χ0) is 20.5. The predicted molar refractivity (Wildman–Crippen MR) is 103 cm³/mol. The first kappa shape index (κ1) is 18.7. The highest BCUT2D eigenvalue weighted by molar-refractivity contribution is 5.96. The van der Waals surface area contributed by atoms with Crippen LogP contribution in [0.3, 0.4) is 0 Å². The van der Waals surface area contributed by atoms with Gasteiger partial charge < -0.3 is 5.32 Å². The summed E-state index contributed by atoms with van der Waals surface area (Å²) in [5.41, 5.74) is 2.43. The summed E-state index contributed by atoms with van der Waals surface area (Å²) in [6.07, 6.45) is 1.57. The lowest BCUT2D eigenvalue weighted by Crippen LogP contribution is -2.20. The summed E-state index contributed by atoms with van der Waals surface area (Å²) < 4.78 is 41.7. The summed E-state index contributed by atoms with van der Waals surface area (Å²) in [5, 5.41) is 7.43. The van der Waals surface area contributed by atoms with Crippen LogP contribution in [-0.2, 0) is 11.3 Å². The molecular formula is C21H15F3N4O. The molecule has 8 heteroatoms. The summed E-state index contributed by atoms with van der Waals surface area (Å²) in [7, 11) is 0. The standard InChI is InChI=1S/C21H15F3N4O/c1-12-20-16(13-2-4-14(22)5-3-13)8-9-25-21(20)28(27-12)11-19(29)26-18-10-15(23)6-7-17(18)24/h2-10H,11H2,1H3,(H,26,29). The number of carbonyl (C=O) groups excluding carboxylic acids is 1. The van der Waals surface area contributed by atoms with E-state index < -0.39 is 17.5 Å². The number of hydrogen-bond donors (Lipinski definition) is 1. The molecule has 4 aromatic rings. The van der Waals surface area contributed by atoms with Gasteiger partial charge in [-0.05, 0) is 48.4 Å². The summed E-state index contributed by atoms with van der Waals surface area (Å²) in [5.74, 6) is -2.31. The third-order valence-corrected chi connectivity index (χ3v) is 4.46. The van der Waals surface area contributed by atoms with Crippen LogP contribution in [0.5, 0.6) is 0 Å². The van der Waals surface area contributed by atoms with Gasteiger partial charge in [-0.25, -0.2) is 22.8 Å². The third kappa shape index (κ3) is 3.69. The number of rotatable bonds is 4. The molecule has 2 aromatic heterocycles. The highest BCUT2D eigenvalue weighted by Gasteiger charge is 2.17. The molecule has 0 aliphatic carbocycles. The van der Waals surface area contributed by atoms with Gasteiger partial charge in [-0.15, -0.1) is 0 Å². The van der Waals surface area contributed by atoms with Gasteiger partial charge in [0.1, 0.15) is 24.0 Å². The molecule has 0 aliphatic heterocycles. The topological polar surface area (TPSA) is 59.8 Å². The average molecular weight is 396 g/mol. The number of pyridine rings is 1. The molecule has 0 saturated heterocycles. The fourth-order valence-corrected chi connectivity index (χ4v) is 3.18. The highest BCUT2D eigenvalue weighted by atomic mass is 19.1. The SMILES string of the molecule is Cc1nn(CC(=O)Nc2cc(F)ccc2F)c2nccc(-c3ccc(F)cc3)c12. The Bertz CT molecular complexity index is 1220. The van der Waals surface area contributed by atoms with Gasteiger partial charge in [-0.1, -0.05) is 12.1 Å². The van der Waals surface area contributed by atoms with Crippen LogP contribution < -0.4 is 5.32 Å². The van der Waals surface area contributed by atoms with Crippen molar-refractivity contribution in [3.63, 3.8) is 0 Å². The molecule has 1 N–H and O–H groups in total. The van der Waals surface area contributed by atoms with Crippen LogP contribution in [-0.4, -0.2) is 20.7 Å². The van der Waals surface area contributed by atoms with Crippen molar-refractivity contribution < 1.29 is 18.0 Å². The Hall–Kier alpha value is -3.68. The largest absolute Gasteiger partial charge is 0.322 e. The van der Waals surface area contributed by atoms with Crippen LogP contribution in [0.4, 0.5) is 18.9 Å². The third-order valence-electron chi connectivity index (χ3n) is 4.46. The molecule has 2 aromatic carbocycles. The molecule has 29 heavy (non-hydrogen) atoms. The predicted octanol–water partition coefficient (Wildman–Crippen LogP) is 4.46. The quantitative estimate of drug-likeness (QED) is 0.554. The number of carbonyl (C=O) groups is 1. The number of hydrogen-bond acceptors (Lipinski definition) is 3. The first-order valence-electron chi connectivity index (χ1n) is 8.75. The number of aryl methyl sites for hydroxylation is 1. The van der Waals surface area contributed by atoms with Gasteiger partial charge in [0.25, 0.3) is 0 Å². The van der Waals surface area contributed by atoms with E-state index >= 15 is 0 Å². The van der Waals surface area contributed by atoms with Crippen molar-refractivity contribution in [2.45, 2.75) is 13.5 Å². The zero-order valence-electron chi connectivity index (χ0n) is 15.3. The highest BCUT2D eigenvalue weighted by Crippen LogP contribution is 2.30. The van der Waals surface area contributed by atoms with Crippen molar-refractivity contribution in [1.29, 1.82) is 0 Å². The monoisotopic (exact) mass is 396 g/mol. The van der Waals surface area contributed by atoms with Crippen molar-refractivity contribution in [2.24, 2.45) is 0 Å². The molecule has 0 fully saturated rings. The summed E-state index contributed by atoms with van der Waals surface area (Å²) in [6, 6.07) is 10.6. The van der Waals surface area contributed by atoms with Gasteiger partial charge in [0, 0.05) is 17.6 Å². The second kappa shape index (κ2) is 7.38. The molecule has 146 valence electrons. The van der Waals surface area contributed by atoms with Crippen LogP contribution in [0.1, 0.15) is 5.69 Å². The average Bonchev–Trinajstić information content (AvgIpc) is 3.01. The Morgan fingerprint density at radius 3 is 2.52 bits per heavy atom. The Morgan fingerprint density at radius 1 is 1.03 bits per heavy atom.